The summed E-state index contributed by atoms with van der Waals surface area (Å²) in [6, 6.07) is 3.16. The molecule has 10 heteroatoms. The van der Waals surface area contributed by atoms with Crippen LogP contribution in [0, 0.1) is 33.4 Å². The second-order valence-electron chi connectivity index (χ2n) is 3.76. The standard InChI is InChI=1S/C6H2BrF2NO2.C6H4BrF2N/c7-3-1-6(10(11)12)5(9)2-4(3)8;7-3-1-6(10)5(9)2-4(3)8/h1-2H;1-2H,10H2. The van der Waals surface area contributed by atoms with Gasteiger partial charge in [-0.25, -0.2) is 13.2 Å². The van der Waals surface area contributed by atoms with Crippen LogP contribution in [0.4, 0.5) is 28.9 Å². The second kappa shape index (κ2) is 7.54. The van der Waals surface area contributed by atoms with Gasteiger partial charge in [0.15, 0.2) is 0 Å². The molecule has 0 fully saturated rings. The molecular formula is C12H6Br2F4N2O2. The molecule has 0 atom stereocenters. The van der Waals surface area contributed by atoms with Crippen LogP contribution < -0.4 is 5.73 Å². The Morgan fingerprint density at radius 3 is 1.77 bits per heavy atom. The molecule has 0 unspecified atom stereocenters. The molecule has 2 aromatic rings. The van der Waals surface area contributed by atoms with E-state index in [-0.39, 0.29) is 14.6 Å². The Hall–Kier alpha value is -1.68. The maximum absolute atomic E-state index is 12.6. The third-order valence-electron chi connectivity index (χ3n) is 2.23. The molecule has 0 saturated heterocycles. The Labute approximate surface area is 138 Å². The van der Waals surface area contributed by atoms with Gasteiger partial charge < -0.3 is 5.73 Å². The Balaban J connectivity index is 0.000000224. The number of hydrogen-bond donors (Lipinski definition) is 1. The minimum atomic E-state index is -1.18. The maximum Gasteiger partial charge on any atom is 0.306 e. The van der Waals surface area contributed by atoms with Gasteiger partial charge in [-0.1, -0.05) is 0 Å². The fourth-order valence-electron chi connectivity index (χ4n) is 1.19. The van der Waals surface area contributed by atoms with Crippen molar-refractivity contribution < 1.29 is 22.5 Å². The molecule has 22 heavy (non-hydrogen) atoms. The normalized spacial score (nSPS) is 9.91. The van der Waals surface area contributed by atoms with Gasteiger partial charge in [0.2, 0.25) is 5.82 Å². The number of benzene rings is 2. The van der Waals surface area contributed by atoms with E-state index in [4.69, 9.17) is 5.73 Å². The zero-order valence-electron chi connectivity index (χ0n) is 10.4. The predicted octanol–water partition coefficient (Wildman–Crippen LogP) is 4.95. The van der Waals surface area contributed by atoms with Gasteiger partial charge in [0, 0.05) is 18.2 Å². The van der Waals surface area contributed by atoms with E-state index < -0.39 is 33.9 Å². The van der Waals surface area contributed by atoms with E-state index in [0.717, 1.165) is 12.1 Å². The van der Waals surface area contributed by atoms with Crippen LogP contribution in [-0.2, 0) is 0 Å². The molecule has 2 rings (SSSR count). The highest BCUT2D eigenvalue weighted by atomic mass is 79.9. The zero-order valence-corrected chi connectivity index (χ0v) is 13.6. The maximum atomic E-state index is 12.6. The molecule has 0 amide bonds. The Morgan fingerprint density at radius 1 is 0.864 bits per heavy atom. The molecule has 0 aliphatic rings. The van der Waals surface area contributed by atoms with Gasteiger partial charge in [0.25, 0.3) is 0 Å². The lowest BCUT2D eigenvalue weighted by Gasteiger charge is -1.97. The van der Waals surface area contributed by atoms with Crippen LogP contribution in [0.5, 0.6) is 0 Å². The molecule has 2 aromatic carbocycles. The summed E-state index contributed by atoms with van der Waals surface area (Å²) in [6.45, 7) is 0. The van der Waals surface area contributed by atoms with Crippen molar-refractivity contribution in [3.05, 3.63) is 66.6 Å². The van der Waals surface area contributed by atoms with Crippen molar-refractivity contribution in [1.82, 2.24) is 0 Å². The van der Waals surface area contributed by atoms with E-state index >= 15 is 0 Å². The molecule has 0 aliphatic heterocycles. The van der Waals surface area contributed by atoms with Crippen molar-refractivity contribution in [3.63, 3.8) is 0 Å². The van der Waals surface area contributed by atoms with E-state index in [1.807, 2.05) is 0 Å². The number of nitrogen functional groups attached to an aromatic ring is 1. The van der Waals surface area contributed by atoms with Gasteiger partial charge in [0.05, 0.1) is 19.6 Å². The second-order valence-corrected chi connectivity index (χ2v) is 5.47. The van der Waals surface area contributed by atoms with E-state index in [1.165, 1.54) is 6.07 Å². The Kier molecular flexibility index (Phi) is 6.30. The number of rotatable bonds is 1. The third kappa shape index (κ3) is 4.67. The average molecular weight is 446 g/mol. The third-order valence-corrected chi connectivity index (χ3v) is 3.44. The van der Waals surface area contributed by atoms with E-state index in [2.05, 4.69) is 31.9 Å². The SMILES string of the molecule is Nc1cc(Br)c(F)cc1F.O=[N+]([O-])c1cc(Br)c(F)cc1F. The molecule has 0 aromatic heterocycles. The van der Waals surface area contributed by atoms with Crippen LogP contribution in [0.3, 0.4) is 0 Å². The van der Waals surface area contributed by atoms with Gasteiger partial charge in [-0.05, 0) is 37.9 Å². The van der Waals surface area contributed by atoms with Gasteiger partial charge in [-0.2, -0.15) is 4.39 Å². The first-order chi connectivity index (χ1) is 10.1. The molecule has 0 radical (unpaired) electrons. The molecule has 0 aliphatic carbocycles. The molecule has 0 heterocycles. The molecule has 0 bridgehead atoms. The fraction of sp³-hybridized carbons (Fsp3) is 0. The number of anilines is 1. The lowest BCUT2D eigenvalue weighted by molar-refractivity contribution is -0.387. The summed E-state index contributed by atoms with van der Waals surface area (Å²) >= 11 is 5.56. The Bertz CT molecular complexity index is 679. The summed E-state index contributed by atoms with van der Waals surface area (Å²) in [5.74, 6) is -3.42. The van der Waals surface area contributed by atoms with E-state index in [9.17, 15) is 27.7 Å². The fourth-order valence-corrected chi connectivity index (χ4v) is 1.88. The summed E-state index contributed by atoms with van der Waals surface area (Å²) in [7, 11) is 0. The first-order valence-corrected chi connectivity index (χ1v) is 6.91. The highest BCUT2D eigenvalue weighted by molar-refractivity contribution is 9.10. The van der Waals surface area contributed by atoms with Gasteiger partial charge >= 0.3 is 5.69 Å². The molecule has 0 spiro atoms. The highest BCUT2D eigenvalue weighted by Gasteiger charge is 2.16. The first kappa shape index (κ1) is 18.4. The number of nitro groups is 1. The number of nitrogens with two attached hydrogens (primary N) is 1. The number of nitro benzene ring substituents is 1. The van der Waals surface area contributed by atoms with E-state index in [1.54, 1.807) is 0 Å². The van der Waals surface area contributed by atoms with Crippen LogP contribution in [0.15, 0.2) is 33.2 Å². The summed E-state index contributed by atoms with van der Waals surface area (Å²) in [6.07, 6.45) is 0. The van der Waals surface area contributed by atoms with Crippen LogP contribution >= 0.6 is 31.9 Å². The highest BCUT2D eigenvalue weighted by Crippen LogP contribution is 2.24. The van der Waals surface area contributed by atoms with Crippen molar-refractivity contribution >= 4 is 43.2 Å². The monoisotopic (exact) mass is 444 g/mol. The molecule has 4 nitrogen and oxygen atoms in total. The topological polar surface area (TPSA) is 69.2 Å². The van der Waals surface area contributed by atoms with Crippen LogP contribution in [0.2, 0.25) is 0 Å². The van der Waals surface area contributed by atoms with Gasteiger partial charge in [0.1, 0.15) is 17.5 Å². The molecule has 0 saturated carbocycles. The predicted molar refractivity (Wildman–Crippen MR) is 79.2 cm³/mol. The zero-order chi connectivity index (χ0) is 17.0. The number of hydrogen-bond acceptors (Lipinski definition) is 3. The smallest absolute Gasteiger partial charge is 0.306 e. The molecular weight excluding hydrogens is 440 g/mol. The van der Waals surface area contributed by atoms with Crippen LogP contribution in [-0.4, -0.2) is 4.92 Å². The van der Waals surface area contributed by atoms with Crippen molar-refractivity contribution in [2.24, 2.45) is 0 Å². The van der Waals surface area contributed by atoms with Crippen molar-refractivity contribution in [2.45, 2.75) is 0 Å². The van der Waals surface area contributed by atoms with E-state index in [0.29, 0.717) is 6.07 Å². The van der Waals surface area contributed by atoms with Gasteiger partial charge in [-0.3, -0.25) is 10.1 Å². The summed E-state index contributed by atoms with van der Waals surface area (Å²) in [4.78, 5) is 9.19. The van der Waals surface area contributed by atoms with Crippen molar-refractivity contribution in [3.8, 4) is 0 Å². The minimum absolute atomic E-state index is 0.0618. The number of halogens is 6. The van der Waals surface area contributed by atoms with Gasteiger partial charge in [-0.15, -0.1) is 0 Å². The summed E-state index contributed by atoms with van der Waals surface area (Å²) < 4.78 is 49.9. The van der Waals surface area contributed by atoms with Crippen molar-refractivity contribution in [2.75, 3.05) is 5.73 Å². The lowest BCUT2D eigenvalue weighted by atomic mass is 10.3. The molecule has 118 valence electrons. The summed E-state index contributed by atoms with van der Waals surface area (Å²) in [5.41, 5.74) is 4.31. The lowest BCUT2D eigenvalue weighted by Crippen LogP contribution is -1.93. The largest absolute Gasteiger partial charge is 0.396 e. The number of nitrogens with zero attached hydrogens (tertiary/aromatic N) is 1. The Morgan fingerprint density at radius 2 is 1.32 bits per heavy atom. The minimum Gasteiger partial charge on any atom is -0.396 e. The average Bonchev–Trinajstić information content (AvgIpc) is 2.41. The molecule has 2 N–H and O–H groups in total. The quantitative estimate of drug-likeness (QED) is 0.222. The summed E-state index contributed by atoms with van der Waals surface area (Å²) in [5, 5.41) is 10.1. The van der Waals surface area contributed by atoms with Crippen molar-refractivity contribution in [1.29, 1.82) is 0 Å². The first-order valence-electron chi connectivity index (χ1n) is 5.32. The van der Waals surface area contributed by atoms with Crippen LogP contribution in [0.25, 0.3) is 0 Å². The van der Waals surface area contributed by atoms with Crippen LogP contribution in [0.1, 0.15) is 0 Å².